The van der Waals surface area contributed by atoms with Crippen LogP contribution in [-0.2, 0) is 16.0 Å². The fourth-order valence-corrected chi connectivity index (χ4v) is 1.96. The zero-order valence-corrected chi connectivity index (χ0v) is 12.4. The Bertz CT molecular complexity index is 450. The van der Waals surface area contributed by atoms with Gasteiger partial charge in [-0.1, -0.05) is 43.7 Å². The highest BCUT2D eigenvalue weighted by Gasteiger charge is 2.34. The van der Waals surface area contributed by atoms with Crippen molar-refractivity contribution in [3.63, 3.8) is 0 Å². The number of hydrogen-bond acceptors (Lipinski definition) is 3. The quantitative estimate of drug-likeness (QED) is 0.533. The van der Waals surface area contributed by atoms with Crippen molar-refractivity contribution in [3.05, 3.63) is 35.9 Å². The second kappa shape index (κ2) is 8.37. The van der Waals surface area contributed by atoms with Crippen molar-refractivity contribution in [3.8, 4) is 6.07 Å². The van der Waals surface area contributed by atoms with Gasteiger partial charge in [0.1, 0.15) is 0 Å². The van der Waals surface area contributed by atoms with Gasteiger partial charge in [0.2, 0.25) is 0 Å². The summed E-state index contributed by atoms with van der Waals surface area (Å²) in [6.45, 7) is 4.12. The summed E-state index contributed by atoms with van der Waals surface area (Å²) in [7, 11) is 0. The van der Waals surface area contributed by atoms with Crippen LogP contribution in [0.3, 0.4) is 0 Å². The van der Waals surface area contributed by atoms with Crippen LogP contribution >= 0.6 is 0 Å². The van der Waals surface area contributed by atoms with E-state index in [0.29, 0.717) is 13.0 Å². The van der Waals surface area contributed by atoms with E-state index in [1.807, 2.05) is 25.1 Å². The summed E-state index contributed by atoms with van der Waals surface area (Å²) in [4.78, 5) is 12.0. The molecule has 1 aromatic rings. The Hall–Kier alpha value is -1.82. The molecule has 0 aliphatic rings. The lowest BCUT2D eigenvalue weighted by molar-refractivity contribution is -0.152. The van der Waals surface area contributed by atoms with Gasteiger partial charge in [0.25, 0.3) is 0 Å². The number of ether oxygens (including phenoxy) is 1. The topological polar surface area (TPSA) is 50.1 Å². The lowest BCUT2D eigenvalue weighted by Crippen LogP contribution is -2.28. The van der Waals surface area contributed by atoms with Gasteiger partial charge in [-0.05, 0) is 38.2 Å². The highest BCUT2D eigenvalue weighted by molar-refractivity contribution is 5.79. The summed E-state index contributed by atoms with van der Waals surface area (Å²) < 4.78 is 5.18. The maximum atomic E-state index is 12.0. The van der Waals surface area contributed by atoms with Crippen molar-refractivity contribution in [2.75, 3.05) is 6.61 Å². The summed E-state index contributed by atoms with van der Waals surface area (Å²) in [6, 6.07) is 12.2. The number of hydrogen-bond donors (Lipinski definition) is 0. The van der Waals surface area contributed by atoms with Crippen LogP contribution in [0.5, 0.6) is 0 Å². The smallest absolute Gasteiger partial charge is 0.326 e. The zero-order chi connectivity index (χ0) is 14.8. The maximum Gasteiger partial charge on any atom is 0.326 e. The summed E-state index contributed by atoms with van der Waals surface area (Å²) in [5.41, 5.74) is 0.204. The normalized spacial score (nSPS) is 13.2. The van der Waals surface area contributed by atoms with E-state index in [1.54, 1.807) is 6.92 Å². The molecule has 0 saturated heterocycles. The largest absolute Gasteiger partial charge is 0.465 e. The molecule has 0 radical (unpaired) electrons. The highest BCUT2D eigenvalue weighted by Crippen LogP contribution is 2.25. The van der Waals surface area contributed by atoms with Gasteiger partial charge in [-0.3, -0.25) is 4.79 Å². The van der Waals surface area contributed by atoms with Crippen molar-refractivity contribution >= 4 is 5.97 Å². The summed E-state index contributed by atoms with van der Waals surface area (Å²) in [5, 5.41) is 9.26. The minimum Gasteiger partial charge on any atom is -0.465 e. The molecule has 0 aliphatic heterocycles. The number of carbonyl (C=O) groups excluding carboxylic acids is 1. The van der Waals surface area contributed by atoms with Gasteiger partial charge in [-0.25, -0.2) is 0 Å². The van der Waals surface area contributed by atoms with Crippen LogP contribution in [-0.4, -0.2) is 12.6 Å². The molecule has 1 atom stereocenters. The molecule has 0 aliphatic carbocycles. The molecule has 0 heterocycles. The van der Waals surface area contributed by atoms with E-state index < -0.39 is 5.41 Å². The first-order valence-electron chi connectivity index (χ1n) is 7.25. The molecule has 1 rings (SSSR count). The zero-order valence-electron chi connectivity index (χ0n) is 12.4. The van der Waals surface area contributed by atoms with Gasteiger partial charge in [-0.15, -0.1) is 0 Å². The van der Waals surface area contributed by atoms with Crippen molar-refractivity contribution in [1.29, 1.82) is 5.26 Å². The Kier molecular flexibility index (Phi) is 6.79. The Morgan fingerprint density at radius 2 is 2.00 bits per heavy atom. The van der Waals surface area contributed by atoms with Crippen molar-refractivity contribution < 1.29 is 9.53 Å². The Morgan fingerprint density at radius 3 is 2.60 bits per heavy atom. The van der Waals surface area contributed by atoms with E-state index in [-0.39, 0.29) is 5.97 Å². The minimum absolute atomic E-state index is 0.387. The molecule has 0 N–H and O–H groups in total. The lowest BCUT2D eigenvalue weighted by Gasteiger charge is -2.19. The van der Waals surface area contributed by atoms with E-state index in [4.69, 9.17) is 4.74 Å². The van der Waals surface area contributed by atoms with E-state index in [9.17, 15) is 10.1 Å². The number of aryl methyl sites for hydroxylation is 1. The number of nitrogens with zero attached hydrogens (tertiary/aromatic N) is 1. The van der Waals surface area contributed by atoms with Gasteiger partial charge < -0.3 is 4.74 Å². The first-order chi connectivity index (χ1) is 9.62. The Balaban J connectivity index is 2.44. The molecule has 0 fully saturated rings. The molecule has 108 valence electrons. The summed E-state index contributed by atoms with van der Waals surface area (Å²) in [6.07, 6.45) is 4.03. The average Bonchev–Trinajstić information content (AvgIpc) is 2.48. The van der Waals surface area contributed by atoms with Gasteiger partial charge in [0.15, 0.2) is 5.41 Å². The lowest BCUT2D eigenvalue weighted by atomic mass is 9.86. The van der Waals surface area contributed by atoms with E-state index in [0.717, 1.165) is 25.7 Å². The molecule has 1 unspecified atom stereocenters. The minimum atomic E-state index is -1.03. The number of carbonyl (C=O) groups is 1. The molecule has 1 aromatic carbocycles. The highest BCUT2D eigenvalue weighted by atomic mass is 16.5. The predicted octanol–water partition coefficient (Wildman–Crippen LogP) is 3.88. The molecule has 0 aromatic heterocycles. The van der Waals surface area contributed by atoms with E-state index >= 15 is 0 Å². The van der Waals surface area contributed by atoms with Crippen LogP contribution in [0.2, 0.25) is 0 Å². The van der Waals surface area contributed by atoms with Gasteiger partial charge in [0.05, 0.1) is 12.7 Å². The number of esters is 1. The van der Waals surface area contributed by atoms with Crippen LogP contribution in [0, 0.1) is 16.7 Å². The molecule has 0 spiro atoms. The molecular weight excluding hydrogens is 250 g/mol. The predicted molar refractivity (Wildman–Crippen MR) is 79.0 cm³/mol. The molecule has 0 amide bonds. The first-order valence-corrected chi connectivity index (χ1v) is 7.25. The van der Waals surface area contributed by atoms with Crippen molar-refractivity contribution in [1.82, 2.24) is 0 Å². The van der Waals surface area contributed by atoms with Crippen molar-refractivity contribution in [2.24, 2.45) is 5.41 Å². The van der Waals surface area contributed by atoms with E-state index in [2.05, 4.69) is 18.2 Å². The van der Waals surface area contributed by atoms with Crippen LogP contribution in [0.15, 0.2) is 30.3 Å². The second-order valence-electron chi connectivity index (χ2n) is 5.27. The van der Waals surface area contributed by atoms with Gasteiger partial charge in [0, 0.05) is 0 Å². The summed E-state index contributed by atoms with van der Waals surface area (Å²) >= 11 is 0. The second-order valence-corrected chi connectivity index (χ2v) is 5.27. The standard InChI is InChI=1S/C17H23NO2/c1-3-4-13-20-16(19)17(2,14-18)12-8-11-15-9-6-5-7-10-15/h5-7,9-10H,3-4,8,11-13H2,1-2H3. The third-order valence-electron chi connectivity index (χ3n) is 3.41. The molecule has 3 heteroatoms. The summed E-state index contributed by atoms with van der Waals surface area (Å²) in [5.74, 6) is -0.387. The monoisotopic (exact) mass is 273 g/mol. The Morgan fingerprint density at radius 1 is 1.30 bits per heavy atom. The number of unbranched alkanes of at least 4 members (excludes halogenated alkanes) is 1. The maximum absolute atomic E-state index is 12.0. The van der Waals surface area contributed by atoms with Crippen molar-refractivity contribution in [2.45, 2.75) is 46.0 Å². The molecular formula is C17H23NO2. The fraction of sp³-hybridized carbons (Fsp3) is 0.529. The first kappa shape index (κ1) is 16.2. The van der Waals surface area contributed by atoms with Crippen LogP contribution < -0.4 is 0 Å². The number of benzene rings is 1. The molecule has 20 heavy (non-hydrogen) atoms. The molecule has 0 bridgehead atoms. The van der Waals surface area contributed by atoms with Crippen LogP contribution in [0.25, 0.3) is 0 Å². The third-order valence-corrected chi connectivity index (χ3v) is 3.41. The average molecular weight is 273 g/mol. The van der Waals surface area contributed by atoms with Gasteiger partial charge >= 0.3 is 5.97 Å². The Labute approximate surface area is 121 Å². The van der Waals surface area contributed by atoms with E-state index in [1.165, 1.54) is 5.56 Å². The SMILES string of the molecule is CCCCOC(=O)C(C)(C#N)CCCc1ccccc1. The fourth-order valence-electron chi connectivity index (χ4n) is 1.96. The molecule has 0 saturated carbocycles. The van der Waals surface area contributed by atoms with Crippen LogP contribution in [0.1, 0.15) is 45.1 Å². The number of rotatable bonds is 8. The third kappa shape index (κ3) is 5.05. The number of nitriles is 1. The van der Waals surface area contributed by atoms with Gasteiger partial charge in [-0.2, -0.15) is 5.26 Å². The van der Waals surface area contributed by atoms with Crippen LogP contribution in [0.4, 0.5) is 0 Å². The molecule has 3 nitrogen and oxygen atoms in total.